The minimum Gasteiger partial charge on any atom is -0.496 e. The molecule has 0 N–H and O–H groups in total. The fourth-order valence-electron chi connectivity index (χ4n) is 1.80. The van der Waals surface area contributed by atoms with Crippen LogP contribution in [0.5, 0.6) is 5.75 Å². The van der Waals surface area contributed by atoms with Gasteiger partial charge in [-0.2, -0.15) is 0 Å². The number of carbonyl (C=O) groups excluding carboxylic acids is 1. The Bertz CT molecular complexity index is 593. The van der Waals surface area contributed by atoms with Crippen LogP contribution in [0, 0.1) is 13.8 Å². The summed E-state index contributed by atoms with van der Waals surface area (Å²) in [6.07, 6.45) is 2.68. The number of hydrogen-bond acceptors (Lipinski definition) is 5. The van der Waals surface area contributed by atoms with Crippen molar-refractivity contribution in [3.63, 3.8) is 0 Å². The lowest BCUT2D eigenvalue weighted by Crippen LogP contribution is -2.28. The maximum atomic E-state index is 11.9. The minimum absolute atomic E-state index is 0.00326. The fourth-order valence-corrected chi connectivity index (χ4v) is 2.36. The molecule has 1 unspecified atom stereocenters. The number of ether oxygens (including phenoxy) is 1. The lowest BCUT2D eigenvalue weighted by Gasteiger charge is -2.13. The van der Waals surface area contributed by atoms with E-state index in [2.05, 4.69) is 4.98 Å². The zero-order valence-corrected chi connectivity index (χ0v) is 12.7. The maximum absolute atomic E-state index is 11.9. The average Bonchev–Trinajstić information content (AvgIpc) is 2.31. The molecule has 0 radical (unpaired) electrons. The normalized spacial score (nSPS) is 13.1. The first-order valence-corrected chi connectivity index (χ1v) is 7.84. The Morgan fingerprint density at radius 2 is 2.00 bits per heavy atom. The SMILES string of the molecule is COc1c(C)cnc(CC(=O)C(C)S(C)(=O)=O)c1C. The van der Waals surface area contributed by atoms with E-state index in [1.807, 2.05) is 13.8 Å². The Balaban J connectivity index is 3.05. The van der Waals surface area contributed by atoms with Crippen LogP contribution in [0.1, 0.15) is 23.7 Å². The molecular formula is C13H19NO4S. The van der Waals surface area contributed by atoms with Gasteiger partial charge in [0, 0.05) is 23.6 Å². The number of ketones is 1. The monoisotopic (exact) mass is 285 g/mol. The number of pyridine rings is 1. The summed E-state index contributed by atoms with van der Waals surface area (Å²) in [6.45, 7) is 5.08. The van der Waals surface area contributed by atoms with E-state index >= 15 is 0 Å². The van der Waals surface area contributed by atoms with Gasteiger partial charge in [-0.25, -0.2) is 8.42 Å². The molecule has 0 spiro atoms. The summed E-state index contributed by atoms with van der Waals surface area (Å²) in [5.74, 6) is 0.328. The predicted molar refractivity (Wildman–Crippen MR) is 73.3 cm³/mol. The third kappa shape index (κ3) is 3.53. The van der Waals surface area contributed by atoms with Crippen molar-refractivity contribution in [1.29, 1.82) is 0 Å². The van der Waals surface area contributed by atoms with Gasteiger partial charge in [-0.1, -0.05) is 0 Å². The van der Waals surface area contributed by atoms with Gasteiger partial charge in [0.05, 0.1) is 19.2 Å². The number of sulfone groups is 1. The average molecular weight is 285 g/mol. The van der Waals surface area contributed by atoms with Crippen molar-refractivity contribution >= 4 is 15.6 Å². The first kappa shape index (κ1) is 15.6. The highest BCUT2D eigenvalue weighted by atomic mass is 32.2. The molecule has 1 rings (SSSR count). The van der Waals surface area contributed by atoms with Crippen LogP contribution >= 0.6 is 0 Å². The quantitative estimate of drug-likeness (QED) is 0.814. The third-order valence-electron chi connectivity index (χ3n) is 3.19. The van der Waals surface area contributed by atoms with Crippen molar-refractivity contribution in [2.45, 2.75) is 32.4 Å². The van der Waals surface area contributed by atoms with Gasteiger partial charge in [-0.15, -0.1) is 0 Å². The Labute approximate surface area is 113 Å². The molecule has 0 saturated heterocycles. The van der Waals surface area contributed by atoms with Crippen LogP contribution in [-0.2, 0) is 21.1 Å². The Kier molecular flexibility index (Phi) is 4.68. The summed E-state index contributed by atoms with van der Waals surface area (Å²) in [5, 5.41) is -1.01. The number of hydrogen-bond donors (Lipinski definition) is 0. The first-order chi connectivity index (χ1) is 8.68. The summed E-state index contributed by atoms with van der Waals surface area (Å²) >= 11 is 0. The molecule has 0 aliphatic heterocycles. The molecule has 6 heteroatoms. The highest BCUT2D eigenvalue weighted by molar-refractivity contribution is 7.92. The van der Waals surface area contributed by atoms with Crippen molar-refractivity contribution in [3.8, 4) is 5.75 Å². The number of nitrogens with zero attached hydrogens (tertiary/aromatic N) is 1. The lowest BCUT2D eigenvalue weighted by molar-refractivity contribution is -0.117. The maximum Gasteiger partial charge on any atom is 0.157 e. The number of carbonyl (C=O) groups is 1. The van der Waals surface area contributed by atoms with E-state index in [0.717, 1.165) is 17.4 Å². The summed E-state index contributed by atoms with van der Waals surface area (Å²) in [6, 6.07) is 0. The van der Waals surface area contributed by atoms with Crippen LogP contribution in [-0.4, -0.2) is 37.8 Å². The van der Waals surface area contributed by atoms with E-state index in [1.54, 1.807) is 13.3 Å². The number of aromatic nitrogens is 1. The molecule has 0 saturated carbocycles. The topological polar surface area (TPSA) is 73.3 Å². The Morgan fingerprint density at radius 3 is 2.47 bits per heavy atom. The van der Waals surface area contributed by atoms with E-state index in [1.165, 1.54) is 6.92 Å². The van der Waals surface area contributed by atoms with Gasteiger partial charge in [0.2, 0.25) is 0 Å². The molecule has 0 fully saturated rings. The molecule has 1 aromatic rings. The van der Waals surface area contributed by atoms with E-state index in [9.17, 15) is 13.2 Å². The summed E-state index contributed by atoms with van der Waals surface area (Å²) < 4.78 is 28.0. The molecule has 0 aliphatic carbocycles. The minimum atomic E-state index is -3.37. The van der Waals surface area contributed by atoms with Crippen LogP contribution in [0.3, 0.4) is 0 Å². The van der Waals surface area contributed by atoms with Gasteiger partial charge in [-0.3, -0.25) is 9.78 Å². The zero-order chi connectivity index (χ0) is 14.8. The Hall–Kier alpha value is -1.43. The van der Waals surface area contributed by atoms with E-state index in [0.29, 0.717) is 11.4 Å². The second-order valence-electron chi connectivity index (χ2n) is 4.66. The van der Waals surface area contributed by atoms with Crippen molar-refractivity contribution in [2.75, 3.05) is 13.4 Å². The van der Waals surface area contributed by atoms with Gasteiger partial charge >= 0.3 is 0 Å². The molecule has 0 aliphatic rings. The first-order valence-electron chi connectivity index (χ1n) is 5.89. The van der Waals surface area contributed by atoms with Gasteiger partial charge in [0.15, 0.2) is 15.6 Å². The standard InChI is InChI=1S/C13H19NO4S/c1-8-7-14-11(9(2)13(8)18-4)6-12(15)10(3)19(5,16)17/h7,10H,6H2,1-5H3. The van der Waals surface area contributed by atoms with Crippen molar-refractivity contribution in [1.82, 2.24) is 4.98 Å². The third-order valence-corrected chi connectivity index (χ3v) is 4.73. The van der Waals surface area contributed by atoms with E-state index in [-0.39, 0.29) is 12.2 Å². The van der Waals surface area contributed by atoms with Crippen LogP contribution < -0.4 is 4.74 Å². The number of Topliss-reactive ketones (excluding diaryl/α,β-unsaturated/α-hetero) is 1. The van der Waals surface area contributed by atoms with Crippen LogP contribution in [0.25, 0.3) is 0 Å². The molecule has 106 valence electrons. The fraction of sp³-hybridized carbons (Fsp3) is 0.538. The van der Waals surface area contributed by atoms with E-state index < -0.39 is 15.1 Å². The summed E-state index contributed by atoms with van der Waals surface area (Å²) in [7, 11) is -1.81. The van der Waals surface area contributed by atoms with Gasteiger partial charge in [0.1, 0.15) is 11.0 Å². The molecule has 0 aromatic carbocycles. The van der Waals surface area contributed by atoms with Crippen molar-refractivity contribution < 1.29 is 17.9 Å². The van der Waals surface area contributed by atoms with Gasteiger partial charge in [0.25, 0.3) is 0 Å². The smallest absolute Gasteiger partial charge is 0.157 e. The molecule has 1 heterocycles. The van der Waals surface area contributed by atoms with E-state index in [4.69, 9.17) is 4.74 Å². The number of rotatable bonds is 5. The second-order valence-corrected chi connectivity index (χ2v) is 7.03. The molecule has 1 aromatic heterocycles. The van der Waals surface area contributed by atoms with Gasteiger partial charge in [-0.05, 0) is 20.8 Å². The summed E-state index contributed by atoms with van der Waals surface area (Å²) in [5.41, 5.74) is 2.21. The van der Waals surface area contributed by atoms with Crippen LogP contribution in [0.15, 0.2) is 6.20 Å². The largest absolute Gasteiger partial charge is 0.496 e. The molecule has 5 nitrogen and oxygen atoms in total. The Morgan fingerprint density at radius 1 is 1.42 bits per heavy atom. The molecule has 0 amide bonds. The highest BCUT2D eigenvalue weighted by Crippen LogP contribution is 2.24. The number of aryl methyl sites for hydroxylation is 1. The van der Waals surface area contributed by atoms with Gasteiger partial charge < -0.3 is 4.74 Å². The second kappa shape index (κ2) is 5.69. The van der Waals surface area contributed by atoms with Crippen molar-refractivity contribution in [3.05, 3.63) is 23.0 Å². The lowest BCUT2D eigenvalue weighted by atomic mass is 10.1. The number of methoxy groups -OCH3 is 1. The molecule has 0 bridgehead atoms. The van der Waals surface area contributed by atoms with Crippen molar-refractivity contribution in [2.24, 2.45) is 0 Å². The summed E-state index contributed by atoms with van der Waals surface area (Å²) in [4.78, 5) is 16.1. The molecular weight excluding hydrogens is 266 g/mol. The highest BCUT2D eigenvalue weighted by Gasteiger charge is 2.24. The van der Waals surface area contributed by atoms with Crippen LogP contribution in [0.2, 0.25) is 0 Å². The molecule has 19 heavy (non-hydrogen) atoms. The van der Waals surface area contributed by atoms with Crippen LogP contribution in [0.4, 0.5) is 0 Å². The molecule has 1 atom stereocenters. The predicted octanol–water partition coefficient (Wildman–Crippen LogP) is 1.25. The zero-order valence-electron chi connectivity index (χ0n) is 11.9.